The van der Waals surface area contributed by atoms with E-state index in [0.29, 0.717) is 23.9 Å². The molecule has 0 saturated carbocycles. The van der Waals surface area contributed by atoms with E-state index in [1.807, 2.05) is 17.5 Å². The Kier molecular flexibility index (Phi) is 5.10. The average molecular weight is 499 g/mol. The zero-order chi connectivity index (χ0) is 24.3. The van der Waals surface area contributed by atoms with Gasteiger partial charge in [0.25, 0.3) is 11.8 Å². The summed E-state index contributed by atoms with van der Waals surface area (Å²) in [4.78, 5) is 35.0. The van der Waals surface area contributed by atoms with Crippen LogP contribution in [-0.4, -0.2) is 44.8 Å². The van der Waals surface area contributed by atoms with Gasteiger partial charge in [0, 0.05) is 23.5 Å². The molecule has 0 unspecified atom stereocenters. The molecular weight excluding hydrogens is 477 g/mol. The number of aromatic nitrogens is 2. The van der Waals surface area contributed by atoms with Crippen LogP contribution in [0.25, 0.3) is 21.1 Å². The molecule has 1 aromatic carbocycles. The lowest BCUT2D eigenvalue weighted by Crippen LogP contribution is -2.52. The number of carbonyl (C=O) groups excluding carboxylic acids is 2. The van der Waals surface area contributed by atoms with Gasteiger partial charge in [-0.25, -0.2) is 4.98 Å². The van der Waals surface area contributed by atoms with Crippen molar-refractivity contribution < 1.29 is 22.8 Å². The molecule has 0 aliphatic carbocycles. The number of amides is 2. The van der Waals surface area contributed by atoms with Crippen molar-refractivity contribution in [2.75, 3.05) is 0 Å². The molecule has 0 spiro atoms. The molecule has 2 fully saturated rings. The number of rotatable bonds is 3. The summed E-state index contributed by atoms with van der Waals surface area (Å²) in [6.45, 7) is 0. The summed E-state index contributed by atoms with van der Waals surface area (Å²) < 4.78 is 41.5. The van der Waals surface area contributed by atoms with Gasteiger partial charge < -0.3 is 15.2 Å². The smallest absolute Gasteiger partial charge is 0.350 e. The van der Waals surface area contributed by atoms with Gasteiger partial charge in [0.1, 0.15) is 11.4 Å². The van der Waals surface area contributed by atoms with Crippen LogP contribution < -0.4 is 5.32 Å². The van der Waals surface area contributed by atoms with E-state index in [-0.39, 0.29) is 35.1 Å². The third-order valence-electron chi connectivity index (χ3n) is 7.02. The number of hydrogen-bond donors (Lipinski definition) is 2. The SMILES string of the molecule is O=C(NC1C[C@H]2CC[C@H](C1)N2C(=O)c1cc(C(F)(F)F)nc2ccccc12)c1cc2sccc2[nH]1. The summed E-state index contributed by atoms with van der Waals surface area (Å²) in [6.07, 6.45) is -2.00. The van der Waals surface area contributed by atoms with E-state index in [4.69, 9.17) is 0 Å². The number of piperidine rings is 1. The van der Waals surface area contributed by atoms with Crippen molar-refractivity contribution in [1.82, 2.24) is 20.2 Å². The Labute approximate surface area is 202 Å². The number of hydrogen-bond acceptors (Lipinski definition) is 4. The maximum atomic E-state index is 13.6. The molecule has 2 atom stereocenters. The van der Waals surface area contributed by atoms with Crippen molar-refractivity contribution in [1.29, 1.82) is 0 Å². The van der Waals surface area contributed by atoms with Crippen LogP contribution in [0.2, 0.25) is 0 Å². The highest BCUT2D eigenvalue weighted by Crippen LogP contribution is 2.39. The first kappa shape index (κ1) is 22.1. The second-order valence-electron chi connectivity index (χ2n) is 9.19. The number of halogens is 3. The minimum atomic E-state index is -4.65. The largest absolute Gasteiger partial charge is 0.433 e. The lowest BCUT2D eigenvalue weighted by molar-refractivity contribution is -0.141. The van der Waals surface area contributed by atoms with Gasteiger partial charge in [-0.15, -0.1) is 11.3 Å². The summed E-state index contributed by atoms with van der Waals surface area (Å²) in [5.74, 6) is -0.594. The quantitative estimate of drug-likeness (QED) is 0.399. The van der Waals surface area contributed by atoms with E-state index in [2.05, 4.69) is 15.3 Å². The molecule has 2 aliphatic rings. The summed E-state index contributed by atoms with van der Waals surface area (Å²) in [5, 5.41) is 5.45. The highest BCUT2D eigenvalue weighted by molar-refractivity contribution is 7.17. The van der Waals surface area contributed by atoms with E-state index in [1.165, 1.54) is 6.07 Å². The van der Waals surface area contributed by atoms with Crippen molar-refractivity contribution in [2.45, 2.75) is 50.0 Å². The number of nitrogens with one attached hydrogen (secondary N) is 2. The third-order valence-corrected chi connectivity index (χ3v) is 7.89. The fraction of sp³-hybridized carbons (Fsp3) is 0.320. The minimum Gasteiger partial charge on any atom is -0.350 e. The van der Waals surface area contributed by atoms with Crippen LogP contribution in [0.5, 0.6) is 0 Å². The predicted octanol–water partition coefficient (Wildman–Crippen LogP) is 5.36. The zero-order valence-electron chi connectivity index (χ0n) is 18.4. The molecule has 180 valence electrons. The molecule has 6 rings (SSSR count). The molecule has 4 aromatic rings. The van der Waals surface area contributed by atoms with Gasteiger partial charge in [-0.3, -0.25) is 9.59 Å². The van der Waals surface area contributed by atoms with Gasteiger partial charge in [-0.1, -0.05) is 18.2 Å². The maximum absolute atomic E-state index is 13.6. The Morgan fingerprint density at radius 1 is 1.09 bits per heavy atom. The van der Waals surface area contributed by atoms with E-state index < -0.39 is 17.8 Å². The second-order valence-corrected chi connectivity index (χ2v) is 10.1. The molecule has 6 nitrogen and oxygen atoms in total. The fourth-order valence-electron chi connectivity index (χ4n) is 5.50. The number of H-pyrrole nitrogens is 1. The molecular formula is C25H21F3N4O2S. The zero-order valence-corrected chi connectivity index (χ0v) is 19.2. The fourth-order valence-corrected chi connectivity index (χ4v) is 6.28. The Morgan fingerprint density at radius 2 is 1.83 bits per heavy atom. The molecule has 35 heavy (non-hydrogen) atoms. The summed E-state index contributed by atoms with van der Waals surface area (Å²) in [5.41, 5.74) is 0.517. The predicted molar refractivity (Wildman–Crippen MR) is 126 cm³/mol. The van der Waals surface area contributed by atoms with Gasteiger partial charge in [-0.2, -0.15) is 13.2 Å². The molecule has 2 amide bonds. The second kappa shape index (κ2) is 8.08. The van der Waals surface area contributed by atoms with Crippen LogP contribution in [0.1, 0.15) is 52.2 Å². The molecule has 2 aliphatic heterocycles. The van der Waals surface area contributed by atoms with Crippen LogP contribution in [0, 0.1) is 0 Å². The highest BCUT2D eigenvalue weighted by atomic mass is 32.1. The van der Waals surface area contributed by atoms with Gasteiger partial charge in [-0.05, 0) is 55.3 Å². The van der Waals surface area contributed by atoms with Crippen molar-refractivity contribution in [2.24, 2.45) is 0 Å². The van der Waals surface area contributed by atoms with Crippen molar-refractivity contribution >= 4 is 44.3 Å². The Balaban J connectivity index is 1.24. The van der Waals surface area contributed by atoms with Crippen LogP contribution in [0.15, 0.2) is 47.8 Å². The average Bonchev–Trinajstić information content (AvgIpc) is 3.50. The number of thiophene rings is 1. The minimum absolute atomic E-state index is 0.0220. The van der Waals surface area contributed by atoms with Crippen LogP contribution in [0.4, 0.5) is 13.2 Å². The number of carbonyl (C=O) groups is 2. The Bertz CT molecular complexity index is 1420. The Hall–Kier alpha value is -3.40. The molecule has 10 heteroatoms. The molecule has 2 bridgehead atoms. The molecule has 3 aromatic heterocycles. The van der Waals surface area contributed by atoms with Crippen molar-refractivity contribution in [3.8, 4) is 0 Å². The standard InChI is InChI=1S/C25H21F3N4O2S/c26-25(27,28)22-11-17(16-3-1-2-4-18(16)31-22)24(34)32-14-5-6-15(32)10-13(9-14)29-23(33)20-12-21-19(30-20)7-8-35-21/h1-4,7-8,11-15,30H,5-6,9-10H2,(H,29,33)/t14-,15-/m1/s1. The van der Waals surface area contributed by atoms with Gasteiger partial charge in [0.05, 0.1) is 21.3 Å². The van der Waals surface area contributed by atoms with E-state index in [0.717, 1.165) is 29.1 Å². The van der Waals surface area contributed by atoms with E-state index in [1.54, 1.807) is 34.4 Å². The lowest BCUT2D eigenvalue weighted by atomic mass is 9.95. The molecule has 2 saturated heterocycles. The molecule has 5 heterocycles. The van der Waals surface area contributed by atoms with Crippen molar-refractivity contribution in [3.63, 3.8) is 0 Å². The van der Waals surface area contributed by atoms with E-state index >= 15 is 0 Å². The van der Waals surface area contributed by atoms with Crippen molar-refractivity contribution in [3.05, 3.63) is 64.8 Å². The van der Waals surface area contributed by atoms with Gasteiger partial charge >= 0.3 is 6.18 Å². The number of alkyl halides is 3. The number of pyridine rings is 1. The van der Waals surface area contributed by atoms with Crippen LogP contribution in [-0.2, 0) is 6.18 Å². The number of fused-ring (bicyclic) bond motifs is 4. The third kappa shape index (κ3) is 3.85. The first-order valence-electron chi connectivity index (χ1n) is 11.4. The number of para-hydroxylation sites is 1. The van der Waals surface area contributed by atoms with Crippen LogP contribution in [0.3, 0.4) is 0 Å². The number of benzene rings is 1. The lowest BCUT2D eigenvalue weighted by Gasteiger charge is -2.39. The molecule has 2 N–H and O–H groups in total. The summed E-state index contributed by atoms with van der Waals surface area (Å²) in [6, 6.07) is 10.7. The van der Waals surface area contributed by atoms with Crippen LogP contribution >= 0.6 is 11.3 Å². The van der Waals surface area contributed by atoms with Gasteiger partial charge in [0.15, 0.2) is 0 Å². The van der Waals surface area contributed by atoms with Gasteiger partial charge in [0.2, 0.25) is 0 Å². The normalized spacial score (nSPS) is 22.1. The topological polar surface area (TPSA) is 78.1 Å². The first-order chi connectivity index (χ1) is 16.8. The first-order valence-corrected chi connectivity index (χ1v) is 12.3. The summed E-state index contributed by atoms with van der Waals surface area (Å²) >= 11 is 1.56. The number of aromatic amines is 1. The highest BCUT2D eigenvalue weighted by Gasteiger charge is 2.45. The van der Waals surface area contributed by atoms with E-state index in [9.17, 15) is 22.8 Å². The molecule has 0 radical (unpaired) electrons. The number of nitrogens with zero attached hydrogens (tertiary/aromatic N) is 2. The summed E-state index contributed by atoms with van der Waals surface area (Å²) in [7, 11) is 0. The Morgan fingerprint density at radius 3 is 2.54 bits per heavy atom. The maximum Gasteiger partial charge on any atom is 0.433 e. The monoisotopic (exact) mass is 498 g/mol.